The van der Waals surface area contributed by atoms with Gasteiger partial charge in [0.1, 0.15) is 11.9 Å². The van der Waals surface area contributed by atoms with E-state index in [1.807, 2.05) is 6.92 Å². The summed E-state index contributed by atoms with van der Waals surface area (Å²) in [5.74, 6) is 0.407. The van der Waals surface area contributed by atoms with Crippen LogP contribution in [0.3, 0.4) is 0 Å². The Bertz CT molecular complexity index is 363. The molecular weight excluding hydrogens is 165 g/mol. The molecule has 1 aromatic carbocycles. The van der Waals surface area contributed by atoms with Gasteiger partial charge in [-0.1, -0.05) is 19.1 Å². The van der Waals surface area contributed by atoms with Gasteiger partial charge in [-0.05, 0) is 17.7 Å². The fraction of sp³-hybridized carbons (Fsp3) is 0.0909. The van der Waals surface area contributed by atoms with Crippen molar-refractivity contribution in [1.82, 2.24) is 0 Å². The van der Waals surface area contributed by atoms with E-state index in [4.69, 9.17) is 5.26 Å². The molecule has 0 N–H and O–H groups in total. The molecule has 0 aromatic heterocycles. The molecule has 13 heavy (non-hydrogen) atoms. The zero-order valence-electron chi connectivity index (χ0n) is 7.34. The van der Waals surface area contributed by atoms with Gasteiger partial charge in [0.2, 0.25) is 0 Å². The number of nitriles is 1. The first-order chi connectivity index (χ1) is 6.19. The normalized spacial score (nSPS) is 9.69. The maximum absolute atomic E-state index is 13.1. The molecule has 0 spiro atoms. The summed E-state index contributed by atoms with van der Waals surface area (Å²) in [6.07, 6.45) is 1.65. The van der Waals surface area contributed by atoms with Gasteiger partial charge in [0.15, 0.2) is 0 Å². The third-order valence-corrected chi connectivity index (χ3v) is 1.85. The van der Waals surface area contributed by atoms with E-state index >= 15 is 0 Å². The number of benzene rings is 1. The summed E-state index contributed by atoms with van der Waals surface area (Å²) in [6.45, 7) is 5.43. The van der Waals surface area contributed by atoms with Gasteiger partial charge in [-0.2, -0.15) is 5.26 Å². The second kappa shape index (κ2) is 3.86. The summed E-state index contributed by atoms with van der Waals surface area (Å²) in [5.41, 5.74) is 0.826. The van der Waals surface area contributed by atoms with Crippen molar-refractivity contribution in [3.05, 3.63) is 53.7 Å². The lowest BCUT2D eigenvalue weighted by atomic mass is 10.00. The van der Waals surface area contributed by atoms with E-state index in [9.17, 15) is 4.39 Å². The smallest absolute Gasteiger partial charge is 0.141 e. The highest BCUT2D eigenvalue weighted by Gasteiger charge is 2.06. The second-order valence-electron chi connectivity index (χ2n) is 2.69. The summed E-state index contributed by atoms with van der Waals surface area (Å²) >= 11 is 0. The van der Waals surface area contributed by atoms with E-state index in [0.717, 1.165) is 11.5 Å². The first-order valence-corrected chi connectivity index (χ1v) is 3.85. The fourth-order valence-corrected chi connectivity index (χ4v) is 0.969. The van der Waals surface area contributed by atoms with Crippen molar-refractivity contribution in [3.63, 3.8) is 0 Å². The van der Waals surface area contributed by atoms with Crippen molar-refractivity contribution in [2.75, 3.05) is 0 Å². The average Bonchev–Trinajstić information content (AvgIpc) is 2.16. The van der Waals surface area contributed by atoms with Crippen molar-refractivity contribution in [1.29, 1.82) is 5.26 Å². The van der Waals surface area contributed by atoms with Crippen LogP contribution in [0.1, 0.15) is 18.1 Å². The molecule has 0 bridgehead atoms. The molecule has 0 fully saturated rings. The molecule has 0 atom stereocenters. The molecule has 0 unspecified atom stereocenters. The lowest BCUT2D eigenvalue weighted by Gasteiger charge is -2.05. The quantitative estimate of drug-likeness (QED) is 0.676. The Morgan fingerprint density at radius 3 is 2.77 bits per heavy atom. The van der Waals surface area contributed by atoms with Gasteiger partial charge in [0, 0.05) is 5.92 Å². The van der Waals surface area contributed by atoms with E-state index in [0.29, 0.717) is 0 Å². The van der Waals surface area contributed by atoms with Gasteiger partial charge in [-0.15, -0.1) is 6.58 Å². The molecule has 0 aliphatic heterocycles. The topological polar surface area (TPSA) is 23.8 Å². The Morgan fingerprint density at radius 1 is 1.62 bits per heavy atom. The summed E-state index contributed by atoms with van der Waals surface area (Å²) in [4.78, 5) is 0. The third kappa shape index (κ3) is 1.94. The van der Waals surface area contributed by atoms with Gasteiger partial charge in [-0.3, -0.25) is 0 Å². The highest BCUT2D eigenvalue weighted by atomic mass is 19.1. The average molecular weight is 174 g/mol. The highest BCUT2D eigenvalue weighted by Crippen LogP contribution is 2.17. The minimum absolute atomic E-state index is 0.0700. The highest BCUT2D eigenvalue weighted by molar-refractivity contribution is 5.41. The van der Waals surface area contributed by atoms with Crippen LogP contribution in [0.2, 0.25) is 0 Å². The fourth-order valence-electron chi connectivity index (χ4n) is 0.969. The van der Waals surface area contributed by atoms with E-state index in [-0.39, 0.29) is 5.56 Å². The zero-order chi connectivity index (χ0) is 9.84. The van der Waals surface area contributed by atoms with E-state index < -0.39 is 5.82 Å². The maximum Gasteiger partial charge on any atom is 0.141 e. The lowest BCUT2D eigenvalue weighted by molar-refractivity contribution is 0.622. The minimum Gasteiger partial charge on any atom is -0.206 e. The van der Waals surface area contributed by atoms with Gasteiger partial charge in [-0.25, -0.2) is 4.39 Å². The molecule has 2 heteroatoms. The largest absolute Gasteiger partial charge is 0.206 e. The van der Waals surface area contributed by atoms with Crippen LogP contribution >= 0.6 is 0 Å². The monoisotopic (exact) mass is 174 g/mol. The Morgan fingerprint density at radius 2 is 2.31 bits per heavy atom. The second-order valence-corrected chi connectivity index (χ2v) is 2.69. The van der Waals surface area contributed by atoms with E-state index in [1.165, 1.54) is 12.1 Å². The van der Waals surface area contributed by atoms with Crippen LogP contribution in [0.5, 0.6) is 0 Å². The van der Waals surface area contributed by atoms with Crippen LogP contribution in [0.4, 0.5) is 4.39 Å². The molecule has 0 saturated heterocycles. The Kier molecular flexibility index (Phi) is 2.81. The number of hydrogen-bond acceptors (Lipinski definition) is 1. The van der Waals surface area contributed by atoms with Gasteiger partial charge < -0.3 is 0 Å². The molecule has 0 aliphatic carbocycles. The summed E-state index contributed by atoms with van der Waals surface area (Å²) < 4.78 is 13.1. The van der Waals surface area contributed by atoms with Crippen LogP contribution in [0.15, 0.2) is 30.9 Å². The molecule has 0 amide bonds. The van der Waals surface area contributed by atoms with Crippen molar-refractivity contribution in [2.45, 2.75) is 6.92 Å². The minimum atomic E-state index is -0.485. The first-order valence-electron chi connectivity index (χ1n) is 3.85. The van der Waals surface area contributed by atoms with Gasteiger partial charge in [0.05, 0.1) is 5.56 Å². The Hall–Kier alpha value is -1.62. The van der Waals surface area contributed by atoms with Crippen LogP contribution in [0.25, 0.3) is 0 Å². The molecule has 1 rings (SSSR count). The zero-order valence-corrected chi connectivity index (χ0v) is 7.34. The molecule has 1 aromatic rings. The van der Waals surface area contributed by atoms with Gasteiger partial charge >= 0.3 is 0 Å². The third-order valence-electron chi connectivity index (χ3n) is 1.85. The van der Waals surface area contributed by atoms with Crippen LogP contribution in [0, 0.1) is 23.1 Å². The molecular formula is C11H9FN. The molecule has 0 aliphatic rings. The number of rotatable bonds is 2. The van der Waals surface area contributed by atoms with E-state index in [1.54, 1.807) is 18.2 Å². The predicted octanol–water partition coefficient (Wildman–Crippen LogP) is 2.83. The number of allylic oxidation sites excluding steroid dienone is 1. The predicted molar refractivity (Wildman–Crippen MR) is 49.3 cm³/mol. The van der Waals surface area contributed by atoms with Gasteiger partial charge in [0.25, 0.3) is 0 Å². The van der Waals surface area contributed by atoms with E-state index in [2.05, 4.69) is 6.58 Å². The Labute approximate surface area is 77.1 Å². The van der Waals surface area contributed by atoms with Crippen LogP contribution in [-0.4, -0.2) is 0 Å². The standard InChI is InChI=1S/C11H9FN/c1-3-8(2)9-4-5-10(7-13)11(12)6-9/h3-6H,1H2,2H3. The first kappa shape index (κ1) is 9.47. The van der Waals surface area contributed by atoms with Crippen LogP contribution < -0.4 is 0 Å². The Balaban J connectivity index is 3.11. The number of halogens is 1. The number of nitrogens with zero attached hydrogens (tertiary/aromatic N) is 1. The molecule has 1 radical (unpaired) electrons. The summed E-state index contributed by atoms with van der Waals surface area (Å²) in [5, 5.41) is 8.49. The molecule has 65 valence electrons. The molecule has 0 heterocycles. The summed E-state index contributed by atoms with van der Waals surface area (Å²) in [6, 6.07) is 6.29. The van der Waals surface area contributed by atoms with Crippen molar-refractivity contribution < 1.29 is 4.39 Å². The molecule has 1 nitrogen and oxygen atoms in total. The van der Waals surface area contributed by atoms with Crippen molar-refractivity contribution in [3.8, 4) is 6.07 Å². The summed E-state index contributed by atoms with van der Waals surface area (Å²) in [7, 11) is 0. The molecule has 0 saturated carbocycles. The van der Waals surface area contributed by atoms with Crippen molar-refractivity contribution in [2.24, 2.45) is 0 Å². The van der Waals surface area contributed by atoms with Crippen molar-refractivity contribution >= 4 is 0 Å². The van der Waals surface area contributed by atoms with Crippen LogP contribution in [-0.2, 0) is 0 Å². The SMILES string of the molecule is C=C[C](C)c1ccc(C#N)c(F)c1. The maximum atomic E-state index is 13.1. The number of hydrogen-bond donors (Lipinski definition) is 0. The lowest BCUT2D eigenvalue weighted by Crippen LogP contribution is -1.92.